The summed E-state index contributed by atoms with van der Waals surface area (Å²) in [4.78, 5) is 0. The highest BCUT2D eigenvalue weighted by Crippen LogP contribution is 2.05. The molecule has 0 bridgehead atoms. The first-order valence-corrected chi connectivity index (χ1v) is 5.05. The van der Waals surface area contributed by atoms with Gasteiger partial charge >= 0.3 is 0 Å². The van der Waals surface area contributed by atoms with Crippen molar-refractivity contribution in [1.29, 1.82) is 0 Å². The van der Waals surface area contributed by atoms with E-state index in [0.717, 1.165) is 0 Å². The van der Waals surface area contributed by atoms with Gasteiger partial charge in [-0.2, -0.15) is 0 Å². The molecule has 0 aliphatic rings. The fourth-order valence-corrected chi connectivity index (χ4v) is 0.687. The molecule has 68 valence electrons. The SMILES string of the molecule is CC(C)C(C)OCC(O)CBr. The molecule has 0 aliphatic heterocycles. The zero-order chi connectivity index (χ0) is 8.85. The van der Waals surface area contributed by atoms with Crippen LogP contribution in [0, 0.1) is 5.92 Å². The molecule has 0 saturated carbocycles. The summed E-state index contributed by atoms with van der Waals surface area (Å²) in [5.74, 6) is 0.512. The molecule has 2 unspecified atom stereocenters. The zero-order valence-corrected chi connectivity index (χ0v) is 8.97. The molecule has 0 rings (SSSR count). The second-order valence-corrected chi connectivity index (χ2v) is 3.74. The maximum absolute atomic E-state index is 9.12. The van der Waals surface area contributed by atoms with Crippen LogP contribution >= 0.6 is 15.9 Å². The summed E-state index contributed by atoms with van der Waals surface area (Å²) in [5.41, 5.74) is 0. The van der Waals surface area contributed by atoms with Crippen LogP contribution in [0.2, 0.25) is 0 Å². The van der Waals surface area contributed by atoms with Crippen molar-refractivity contribution < 1.29 is 9.84 Å². The molecule has 3 heteroatoms. The van der Waals surface area contributed by atoms with Crippen LogP contribution in [-0.4, -0.2) is 29.3 Å². The van der Waals surface area contributed by atoms with E-state index in [9.17, 15) is 0 Å². The van der Waals surface area contributed by atoms with Crippen LogP contribution < -0.4 is 0 Å². The molecule has 0 radical (unpaired) electrons. The van der Waals surface area contributed by atoms with Crippen LogP contribution in [0.15, 0.2) is 0 Å². The highest BCUT2D eigenvalue weighted by molar-refractivity contribution is 9.09. The fourth-order valence-electron chi connectivity index (χ4n) is 0.500. The average molecular weight is 225 g/mol. The summed E-state index contributed by atoms with van der Waals surface area (Å²) in [6.45, 7) is 6.65. The molecule has 11 heavy (non-hydrogen) atoms. The van der Waals surface area contributed by atoms with E-state index >= 15 is 0 Å². The van der Waals surface area contributed by atoms with Crippen molar-refractivity contribution in [1.82, 2.24) is 0 Å². The molecular weight excluding hydrogens is 208 g/mol. The van der Waals surface area contributed by atoms with Crippen molar-refractivity contribution in [3.05, 3.63) is 0 Å². The van der Waals surface area contributed by atoms with Gasteiger partial charge in [-0.15, -0.1) is 0 Å². The highest BCUT2D eigenvalue weighted by Gasteiger charge is 2.09. The maximum atomic E-state index is 9.12. The van der Waals surface area contributed by atoms with Gasteiger partial charge < -0.3 is 9.84 Å². The highest BCUT2D eigenvalue weighted by atomic mass is 79.9. The third-order valence-corrected chi connectivity index (χ3v) is 2.42. The predicted molar refractivity (Wildman–Crippen MR) is 50.1 cm³/mol. The fraction of sp³-hybridized carbons (Fsp3) is 1.00. The first-order valence-electron chi connectivity index (χ1n) is 3.93. The Hall–Kier alpha value is 0.400. The summed E-state index contributed by atoms with van der Waals surface area (Å²) in [5, 5.41) is 9.70. The zero-order valence-electron chi connectivity index (χ0n) is 7.38. The third-order valence-electron chi connectivity index (χ3n) is 1.67. The van der Waals surface area contributed by atoms with Crippen LogP contribution in [0.5, 0.6) is 0 Å². The number of aliphatic hydroxyl groups excluding tert-OH is 1. The lowest BCUT2D eigenvalue weighted by Crippen LogP contribution is -2.23. The van der Waals surface area contributed by atoms with Crippen molar-refractivity contribution in [2.24, 2.45) is 5.92 Å². The lowest BCUT2D eigenvalue weighted by atomic mass is 10.1. The Morgan fingerprint density at radius 2 is 1.91 bits per heavy atom. The van der Waals surface area contributed by atoms with E-state index in [1.54, 1.807) is 0 Å². The number of rotatable bonds is 5. The van der Waals surface area contributed by atoms with E-state index in [0.29, 0.717) is 17.9 Å². The van der Waals surface area contributed by atoms with Gasteiger partial charge in [0.2, 0.25) is 0 Å². The van der Waals surface area contributed by atoms with Crippen molar-refractivity contribution in [3.8, 4) is 0 Å². The summed E-state index contributed by atoms with van der Waals surface area (Å²) in [7, 11) is 0. The Labute approximate surface area is 77.1 Å². The van der Waals surface area contributed by atoms with Gasteiger partial charge in [0, 0.05) is 5.33 Å². The largest absolute Gasteiger partial charge is 0.390 e. The van der Waals surface area contributed by atoms with E-state index in [-0.39, 0.29) is 12.2 Å². The number of aliphatic hydroxyl groups is 1. The van der Waals surface area contributed by atoms with Gasteiger partial charge in [-0.3, -0.25) is 0 Å². The molecule has 0 saturated heterocycles. The van der Waals surface area contributed by atoms with Crippen molar-refractivity contribution in [2.45, 2.75) is 33.0 Å². The number of alkyl halides is 1. The van der Waals surface area contributed by atoms with Crippen LogP contribution in [0.25, 0.3) is 0 Å². The average Bonchev–Trinajstić information content (AvgIpc) is 1.99. The van der Waals surface area contributed by atoms with Crippen molar-refractivity contribution >= 4 is 15.9 Å². The van der Waals surface area contributed by atoms with Gasteiger partial charge in [0.05, 0.1) is 18.8 Å². The molecule has 2 nitrogen and oxygen atoms in total. The maximum Gasteiger partial charge on any atom is 0.0870 e. The lowest BCUT2D eigenvalue weighted by Gasteiger charge is -2.17. The third kappa shape index (κ3) is 5.65. The second kappa shape index (κ2) is 5.98. The number of halogens is 1. The molecule has 0 heterocycles. The Morgan fingerprint density at radius 3 is 2.27 bits per heavy atom. The van der Waals surface area contributed by atoms with Gasteiger partial charge in [0.15, 0.2) is 0 Å². The first-order chi connectivity index (χ1) is 5.07. The number of ether oxygens (including phenoxy) is 1. The minimum atomic E-state index is -0.379. The van der Waals surface area contributed by atoms with Gasteiger partial charge in [-0.05, 0) is 12.8 Å². The molecule has 1 N–H and O–H groups in total. The Kier molecular flexibility index (Phi) is 6.19. The van der Waals surface area contributed by atoms with Gasteiger partial charge in [-0.1, -0.05) is 29.8 Å². The summed E-state index contributed by atoms with van der Waals surface area (Å²) < 4.78 is 5.38. The summed E-state index contributed by atoms with van der Waals surface area (Å²) >= 11 is 3.17. The van der Waals surface area contributed by atoms with Crippen LogP contribution in [-0.2, 0) is 4.74 Å². The molecular formula is C8H17BrO2. The molecule has 0 spiro atoms. The molecule has 0 aromatic heterocycles. The van der Waals surface area contributed by atoms with Crippen LogP contribution in [0.4, 0.5) is 0 Å². The standard InChI is InChI=1S/C8H17BrO2/c1-6(2)7(3)11-5-8(10)4-9/h6-8,10H,4-5H2,1-3H3. The predicted octanol–water partition coefficient (Wildman–Crippen LogP) is 1.80. The smallest absolute Gasteiger partial charge is 0.0870 e. The molecule has 0 aromatic carbocycles. The van der Waals surface area contributed by atoms with E-state index < -0.39 is 0 Å². The Balaban J connectivity index is 3.37. The summed E-state index contributed by atoms with van der Waals surface area (Å²) in [6, 6.07) is 0. The van der Waals surface area contributed by atoms with Gasteiger partial charge in [0.25, 0.3) is 0 Å². The molecule has 2 atom stereocenters. The topological polar surface area (TPSA) is 29.5 Å². The lowest BCUT2D eigenvalue weighted by molar-refractivity contribution is -0.0119. The second-order valence-electron chi connectivity index (χ2n) is 3.09. The van der Waals surface area contributed by atoms with E-state index in [1.165, 1.54) is 0 Å². The number of hydrogen-bond donors (Lipinski definition) is 1. The quantitative estimate of drug-likeness (QED) is 0.723. The monoisotopic (exact) mass is 224 g/mol. The molecule has 0 aliphatic carbocycles. The van der Waals surface area contributed by atoms with Crippen molar-refractivity contribution in [3.63, 3.8) is 0 Å². The van der Waals surface area contributed by atoms with Crippen LogP contribution in [0.1, 0.15) is 20.8 Å². The van der Waals surface area contributed by atoms with Crippen molar-refractivity contribution in [2.75, 3.05) is 11.9 Å². The van der Waals surface area contributed by atoms with Gasteiger partial charge in [0.1, 0.15) is 0 Å². The van der Waals surface area contributed by atoms with Crippen LogP contribution in [0.3, 0.4) is 0 Å². The Morgan fingerprint density at radius 1 is 1.36 bits per heavy atom. The van der Waals surface area contributed by atoms with E-state index in [1.807, 2.05) is 6.92 Å². The molecule has 0 amide bonds. The normalized spacial score (nSPS) is 16.9. The number of hydrogen-bond acceptors (Lipinski definition) is 2. The van der Waals surface area contributed by atoms with Gasteiger partial charge in [-0.25, -0.2) is 0 Å². The summed E-state index contributed by atoms with van der Waals surface area (Å²) in [6.07, 6.45) is -0.153. The Bertz CT molecular complexity index is 96.1. The molecule has 0 fully saturated rings. The first kappa shape index (κ1) is 11.4. The molecule has 0 aromatic rings. The minimum Gasteiger partial charge on any atom is -0.390 e. The van der Waals surface area contributed by atoms with E-state index in [4.69, 9.17) is 9.84 Å². The minimum absolute atomic E-state index is 0.226. The van der Waals surface area contributed by atoms with E-state index in [2.05, 4.69) is 29.8 Å².